The van der Waals surface area contributed by atoms with Gasteiger partial charge in [0.2, 0.25) is 0 Å². The van der Waals surface area contributed by atoms with Crippen LogP contribution >= 0.6 is 31.9 Å². The molecule has 4 heteroatoms. The number of halogens is 3. The quantitative estimate of drug-likeness (QED) is 0.718. The van der Waals surface area contributed by atoms with Crippen LogP contribution in [0, 0.1) is 5.82 Å². The third-order valence-electron chi connectivity index (χ3n) is 1.01. The van der Waals surface area contributed by atoms with Crippen LogP contribution in [0.4, 0.5) is 4.39 Å². The first kappa shape index (κ1) is 8.01. The lowest BCUT2D eigenvalue weighted by molar-refractivity contribution is 0.468. The maximum Gasteiger partial charge on any atom is 0.138 e. The first-order chi connectivity index (χ1) is 4.63. The summed E-state index contributed by atoms with van der Waals surface area (Å²) in [5, 5.41) is 8.98. The molecule has 0 fully saturated rings. The van der Waals surface area contributed by atoms with Crippen molar-refractivity contribution in [2.75, 3.05) is 0 Å². The highest BCUT2D eigenvalue weighted by molar-refractivity contribution is 9.13. The van der Waals surface area contributed by atoms with Crippen LogP contribution in [0.5, 0.6) is 5.75 Å². The minimum absolute atomic E-state index is 0.0216. The highest BCUT2D eigenvalue weighted by atomic mass is 79.9. The number of aromatic hydroxyl groups is 1. The van der Waals surface area contributed by atoms with Crippen molar-refractivity contribution in [3.8, 4) is 5.75 Å². The van der Waals surface area contributed by atoms with Gasteiger partial charge in [-0.1, -0.05) is 0 Å². The van der Waals surface area contributed by atoms with Crippen molar-refractivity contribution in [2.24, 2.45) is 0 Å². The molecule has 54 valence electrons. The second-order valence-corrected chi connectivity index (χ2v) is 3.28. The molecular weight excluding hydrogens is 267 g/mol. The summed E-state index contributed by atoms with van der Waals surface area (Å²) in [6.45, 7) is 0. The highest BCUT2D eigenvalue weighted by Crippen LogP contribution is 2.33. The van der Waals surface area contributed by atoms with Crippen molar-refractivity contribution in [2.45, 2.75) is 0 Å². The monoisotopic (exact) mass is 268 g/mol. The average Bonchev–Trinajstić information content (AvgIpc) is 1.93. The number of rotatable bonds is 0. The van der Waals surface area contributed by atoms with Crippen LogP contribution in [0.15, 0.2) is 21.1 Å². The molecule has 0 saturated carbocycles. The Kier molecular flexibility index (Phi) is 2.31. The molecule has 1 aromatic carbocycles. The molecule has 0 spiro atoms. The molecule has 0 amide bonds. The lowest BCUT2D eigenvalue weighted by atomic mass is 10.3. The Balaban J connectivity index is 3.34. The molecule has 0 aliphatic rings. The average molecular weight is 270 g/mol. The van der Waals surface area contributed by atoms with E-state index < -0.39 is 5.82 Å². The van der Waals surface area contributed by atoms with E-state index in [-0.39, 0.29) is 10.2 Å². The molecule has 10 heavy (non-hydrogen) atoms. The fourth-order valence-electron chi connectivity index (χ4n) is 0.516. The van der Waals surface area contributed by atoms with E-state index in [1.165, 1.54) is 12.1 Å². The molecule has 0 aromatic heterocycles. The van der Waals surface area contributed by atoms with Crippen LogP contribution in [0.3, 0.4) is 0 Å². The van der Waals surface area contributed by atoms with Crippen LogP contribution < -0.4 is 0 Å². The van der Waals surface area contributed by atoms with Crippen LogP contribution in [-0.2, 0) is 0 Å². The van der Waals surface area contributed by atoms with Crippen LogP contribution in [0.1, 0.15) is 0 Å². The van der Waals surface area contributed by atoms with Gasteiger partial charge in [-0.15, -0.1) is 0 Å². The van der Waals surface area contributed by atoms with Gasteiger partial charge in [0.1, 0.15) is 11.6 Å². The van der Waals surface area contributed by atoms with Gasteiger partial charge in [0.25, 0.3) is 0 Å². The number of hydrogen-bond donors (Lipinski definition) is 1. The third kappa shape index (κ3) is 1.32. The summed E-state index contributed by atoms with van der Waals surface area (Å²) in [6.07, 6.45) is 0. The molecule has 1 N–H and O–H groups in total. The zero-order valence-electron chi connectivity index (χ0n) is 4.74. The molecule has 0 aliphatic heterocycles. The highest BCUT2D eigenvalue weighted by Gasteiger charge is 2.06. The van der Waals surface area contributed by atoms with Crippen LogP contribution in [-0.4, -0.2) is 5.11 Å². The summed E-state index contributed by atoms with van der Waals surface area (Å²) < 4.78 is 13.2. The lowest BCUT2D eigenvalue weighted by Gasteiger charge is -1.98. The fourth-order valence-corrected chi connectivity index (χ4v) is 1.17. The van der Waals surface area contributed by atoms with Gasteiger partial charge < -0.3 is 5.11 Å². The molecule has 0 atom stereocenters. The number of phenolic OH excluding ortho intramolecular Hbond substituents is 1. The van der Waals surface area contributed by atoms with Gasteiger partial charge in [-0.25, -0.2) is 4.39 Å². The van der Waals surface area contributed by atoms with Gasteiger partial charge in [-0.05, 0) is 44.0 Å². The van der Waals surface area contributed by atoms with E-state index in [0.717, 1.165) is 0 Å². The Bertz CT molecular complexity index is 235. The lowest BCUT2D eigenvalue weighted by Crippen LogP contribution is -1.77. The second kappa shape index (κ2) is 2.88. The zero-order valence-corrected chi connectivity index (χ0v) is 7.91. The molecule has 0 unspecified atom stereocenters. The van der Waals surface area contributed by atoms with Crippen molar-refractivity contribution >= 4 is 31.9 Å². The summed E-state index contributed by atoms with van der Waals surface area (Å²) in [7, 11) is 0. The van der Waals surface area contributed by atoms with Gasteiger partial charge >= 0.3 is 0 Å². The Morgan fingerprint density at radius 2 is 1.80 bits per heavy atom. The maximum atomic E-state index is 12.6. The first-order valence-corrected chi connectivity index (χ1v) is 4.04. The summed E-state index contributed by atoms with van der Waals surface area (Å²) in [4.78, 5) is 0. The Morgan fingerprint density at radius 3 is 2.30 bits per heavy atom. The predicted octanol–water partition coefficient (Wildman–Crippen LogP) is 3.06. The molecule has 1 aromatic rings. The molecule has 0 heterocycles. The molecule has 0 saturated heterocycles. The van der Waals surface area contributed by atoms with E-state index in [4.69, 9.17) is 5.11 Å². The van der Waals surface area contributed by atoms with Crippen LogP contribution in [0.2, 0.25) is 0 Å². The predicted molar refractivity (Wildman–Crippen MR) is 43.5 cm³/mol. The van der Waals surface area contributed by atoms with E-state index in [0.29, 0.717) is 4.47 Å². The largest absolute Gasteiger partial charge is 0.507 e. The topological polar surface area (TPSA) is 20.2 Å². The maximum absolute atomic E-state index is 12.6. The van der Waals surface area contributed by atoms with Gasteiger partial charge in [0.05, 0.1) is 8.95 Å². The second-order valence-electron chi connectivity index (χ2n) is 1.69. The number of phenols is 1. The molecule has 0 aliphatic carbocycles. The van der Waals surface area contributed by atoms with Crippen molar-refractivity contribution in [3.63, 3.8) is 0 Å². The Morgan fingerprint density at radius 1 is 1.20 bits per heavy atom. The number of hydrogen-bond acceptors (Lipinski definition) is 1. The molecule has 0 bridgehead atoms. The summed E-state index contributed by atoms with van der Waals surface area (Å²) >= 11 is 5.94. The van der Waals surface area contributed by atoms with E-state index >= 15 is 0 Å². The standard InChI is InChI=1S/C6H3Br2FO/c7-5-3(9)1-2-4(10)6(5)8/h1-2,10H. The Hall–Kier alpha value is -0.0900. The SMILES string of the molecule is Oc1ccc(F)c(Br)c1Br. The van der Waals surface area contributed by atoms with Gasteiger partial charge in [0, 0.05) is 0 Å². The first-order valence-electron chi connectivity index (χ1n) is 2.45. The van der Waals surface area contributed by atoms with E-state index in [9.17, 15) is 4.39 Å². The molecular formula is C6H3Br2FO. The third-order valence-corrected chi connectivity index (χ3v) is 3.12. The van der Waals surface area contributed by atoms with Crippen LogP contribution in [0.25, 0.3) is 0 Å². The zero-order chi connectivity index (χ0) is 7.72. The van der Waals surface area contributed by atoms with Crippen molar-refractivity contribution in [3.05, 3.63) is 26.9 Å². The summed E-state index contributed by atoms with van der Waals surface area (Å²) in [5.74, 6) is -0.377. The number of benzene rings is 1. The fraction of sp³-hybridized carbons (Fsp3) is 0. The van der Waals surface area contributed by atoms with E-state index in [2.05, 4.69) is 31.9 Å². The summed E-state index contributed by atoms with van der Waals surface area (Å²) in [5.41, 5.74) is 0. The van der Waals surface area contributed by atoms with E-state index in [1.54, 1.807) is 0 Å². The van der Waals surface area contributed by atoms with Gasteiger partial charge in [-0.2, -0.15) is 0 Å². The van der Waals surface area contributed by atoms with Gasteiger partial charge in [-0.3, -0.25) is 0 Å². The molecule has 0 radical (unpaired) electrons. The van der Waals surface area contributed by atoms with E-state index in [1.807, 2.05) is 0 Å². The minimum Gasteiger partial charge on any atom is -0.507 e. The molecule has 1 nitrogen and oxygen atoms in total. The minimum atomic E-state index is -0.398. The smallest absolute Gasteiger partial charge is 0.138 e. The van der Waals surface area contributed by atoms with Gasteiger partial charge in [0.15, 0.2) is 0 Å². The summed E-state index contributed by atoms with van der Waals surface area (Å²) in [6, 6.07) is 2.47. The Labute approximate surface area is 74.1 Å². The van der Waals surface area contributed by atoms with Crippen molar-refractivity contribution in [1.82, 2.24) is 0 Å². The van der Waals surface area contributed by atoms with Crippen molar-refractivity contribution in [1.29, 1.82) is 0 Å². The normalized spacial score (nSPS) is 9.90. The van der Waals surface area contributed by atoms with Crippen molar-refractivity contribution < 1.29 is 9.50 Å². The molecule has 1 rings (SSSR count).